The zero-order chi connectivity index (χ0) is 21.7. The smallest absolute Gasteiger partial charge is 0.293 e. The van der Waals surface area contributed by atoms with Crippen LogP contribution in [0.5, 0.6) is 0 Å². The third-order valence-corrected chi connectivity index (χ3v) is 7.16. The first kappa shape index (κ1) is 19.1. The number of allylic oxidation sites excluding steroid dienone is 2. The fourth-order valence-corrected chi connectivity index (χ4v) is 5.50. The molecule has 2 N–H and O–H groups in total. The number of fused-ring (bicyclic) bond motifs is 4. The Morgan fingerprint density at radius 3 is 2.66 bits per heavy atom. The van der Waals surface area contributed by atoms with Gasteiger partial charge in [0.1, 0.15) is 11.9 Å². The lowest BCUT2D eigenvalue weighted by Gasteiger charge is -2.25. The molecule has 1 unspecified atom stereocenters. The fourth-order valence-electron chi connectivity index (χ4n) is 4.38. The van der Waals surface area contributed by atoms with Gasteiger partial charge in [0.05, 0.1) is 7.11 Å². The minimum atomic E-state index is -0.402. The van der Waals surface area contributed by atoms with Crippen LogP contribution in [-0.4, -0.2) is 30.2 Å². The number of aliphatic hydroxyl groups is 1. The standard InChI is InChI=1S/C26H21N3O2S/c1-31-26-28-24(27-25(29-26)18-8-4-5-9-21(18)30)17-10-11-22-19(13-17)20-12-15-6-2-3-7-16(15)14-23(20)32-22/h2-3,5-7,9-14,25,30H,4,8H2,1H3,(H,27,28,29). The monoisotopic (exact) mass is 439 g/mol. The molecule has 0 saturated heterocycles. The van der Waals surface area contributed by atoms with E-state index in [1.165, 1.54) is 30.9 Å². The van der Waals surface area contributed by atoms with Gasteiger partial charge in [-0.05, 0) is 60.0 Å². The van der Waals surface area contributed by atoms with Gasteiger partial charge in [-0.3, -0.25) is 0 Å². The number of hydrogen-bond donors (Lipinski definition) is 2. The van der Waals surface area contributed by atoms with Crippen LogP contribution < -0.4 is 5.32 Å². The molecule has 2 aliphatic rings. The molecule has 1 aromatic heterocycles. The first-order valence-electron chi connectivity index (χ1n) is 10.6. The van der Waals surface area contributed by atoms with Gasteiger partial charge in [0.15, 0.2) is 5.84 Å². The van der Waals surface area contributed by atoms with Crippen molar-refractivity contribution in [1.29, 1.82) is 0 Å². The topological polar surface area (TPSA) is 66.2 Å². The van der Waals surface area contributed by atoms with E-state index in [1.54, 1.807) is 24.5 Å². The van der Waals surface area contributed by atoms with Gasteiger partial charge in [-0.2, -0.15) is 4.99 Å². The molecule has 0 bridgehead atoms. The normalized spacial score (nSPS) is 18.7. The van der Waals surface area contributed by atoms with E-state index < -0.39 is 6.17 Å². The number of hydrogen-bond acceptors (Lipinski definition) is 6. The zero-order valence-corrected chi connectivity index (χ0v) is 18.3. The van der Waals surface area contributed by atoms with E-state index in [4.69, 9.17) is 9.73 Å². The molecule has 4 aromatic rings. The molecular weight excluding hydrogens is 418 g/mol. The first-order valence-corrected chi connectivity index (χ1v) is 11.4. The fraction of sp³-hybridized carbons (Fsp3) is 0.154. The van der Waals surface area contributed by atoms with E-state index in [9.17, 15) is 5.11 Å². The van der Waals surface area contributed by atoms with Crippen LogP contribution in [0.2, 0.25) is 0 Å². The summed E-state index contributed by atoms with van der Waals surface area (Å²) in [6.07, 6.45) is 4.93. The van der Waals surface area contributed by atoms with Crippen molar-refractivity contribution in [2.24, 2.45) is 9.98 Å². The van der Waals surface area contributed by atoms with Gasteiger partial charge in [0.2, 0.25) is 0 Å². The number of nitrogens with zero attached hydrogens (tertiary/aromatic N) is 2. The molecule has 5 nitrogen and oxygen atoms in total. The second kappa shape index (κ2) is 7.50. The summed E-state index contributed by atoms with van der Waals surface area (Å²) in [5.74, 6) is 0.864. The van der Waals surface area contributed by atoms with Crippen LogP contribution in [0.25, 0.3) is 30.9 Å². The summed E-state index contributed by atoms with van der Waals surface area (Å²) in [7, 11) is 1.58. The molecule has 0 saturated carbocycles. The molecule has 0 radical (unpaired) electrons. The van der Waals surface area contributed by atoms with Crippen molar-refractivity contribution in [2.75, 3.05) is 7.11 Å². The van der Waals surface area contributed by atoms with Gasteiger partial charge in [0, 0.05) is 31.3 Å². The van der Waals surface area contributed by atoms with Crippen LogP contribution >= 0.6 is 11.3 Å². The lowest BCUT2D eigenvalue weighted by atomic mass is 10.0. The van der Waals surface area contributed by atoms with Crippen LogP contribution in [0.3, 0.4) is 0 Å². The van der Waals surface area contributed by atoms with E-state index in [2.05, 4.69) is 64.9 Å². The first-order chi connectivity index (χ1) is 15.7. The van der Waals surface area contributed by atoms with E-state index >= 15 is 0 Å². The summed E-state index contributed by atoms with van der Waals surface area (Å²) in [5.41, 5.74) is 1.78. The van der Waals surface area contributed by atoms with Crippen molar-refractivity contribution in [3.63, 3.8) is 0 Å². The zero-order valence-electron chi connectivity index (χ0n) is 17.5. The number of nitrogens with one attached hydrogen (secondary N) is 1. The summed E-state index contributed by atoms with van der Waals surface area (Å²) in [6, 6.07) is 19.7. The number of aliphatic hydroxyl groups excluding tert-OH is 1. The Labute approximate surface area is 189 Å². The highest BCUT2D eigenvalue weighted by molar-refractivity contribution is 7.25. The number of methoxy groups -OCH3 is 1. The molecule has 6 heteroatoms. The Bertz CT molecular complexity index is 1510. The molecule has 32 heavy (non-hydrogen) atoms. The van der Waals surface area contributed by atoms with Crippen molar-refractivity contribution >= 4 is 54.1 Å². The molecule has 1 atom stereocenters. The summed E-state index contributed by atoms with van der Waals surface area (Å²) in [5, 5.41) is 18.5. The number of aliphatic imine (C=N–C) groups is 2. The van der Waals surface area contributed by atoms with Gasteiger partial charge in [0.25, 0.3) is 6.02 Å². The van der Waals surface area contributed by atoms with Crippen LogP contribution in [0.4, 0.5) is 0 Å². The maximum absolute atomic E-state index is 10.4. The van der Waals surface area contributed by atoms with Gasteiger partial charge in [-0.1, -0.05) is 30.3 Å². The molecule has 3 aromatic carbocycles. The van der Waals surface area contributed by atoms with E-state index in [0.29, 0.717) is 11.9 Å². The molecule has 6 rings (SSSR count). The van der Waals surface area contributed by atoms with Crippen molar-refractivity contribution in [3.05, 3.63) is 83.6 Å². The molecule has 1 aliphatic heterocycles. The summed E-state index contributed by atoms with van der Waals surface area (Å²) in [6.45, 7) is 0. The molecule has 0 amide bonds. The van der Waals surface area contributed by atoms with Gasteiger partial charge in [-0.15, -0.1) is 11.3 Å². The Hall–Kier alpha value is -3.64. The quantitative estimate of drug-likeness (QED) is 0.400. The maximum atomic E-state index is 10.4. The average molecular weight is 440 g/mol. The van der Waals surface area contributed by atoms with E-state index in [1.807, 2.05) is 6.08 Å². The number of amidine groups is 2. The maximum Gasteiger partial charge on any atom is 0.293 e. The predicted molar refractivity (Wildman–Crippen MR) is 133 cm³/mol. The molecule has 2 heterocycles. The molecule has 1 aliphatic carbocycles. The average Bonchev–Trinajstić information content (AvgIpc) is 3.19. The highest BCUT2D eigenvalue weighted by Gasteiger charge is 2.25. The molecule has 0 spiro atoms. The molecule has 0 fully saturated rings. The second-order valence-corrected chi connectivity index (χ2v) is 9.06. The lowest BCUT2D eigenvalue weighted by molar-refractivity contribution is 0.366. The molecular formula is C26H21N3O2S. The van der Waals surface area contributed by atoms with Crippen molar-refractivity contribution in [3.8, 4) is 0 Å². The summed E-state index contributed by atoms with van der Waals surface area (Å²) < 4.78 is 7.93. The Balaban J connectivity index is 1.49. The number of rotatable bonds is 2. The Kier molecular flexibility index (Phi) is 4.47. The second-order valence-electron chi connectivity index (χ2n) is 7.98. The number of benzene rings is 3. The minimum absolute atomic E-state index is 0.264. The summed E-state index contributed by atoms with van der Waals surface area (Å²) >= 11 is 1.80. The van der Waals surface area contributed by atoms with Crippen molar-refractivity contribution in [2.45, 2.75) is 19.0 Å². The Morgan fingerprint density at radius 1 is 1.03 bits per heavy atom. The highest BCUT2D eigenvalue weighted by Crippen LogP contribution is 2.37. The summed E-state index contributed by atoms with van der Waals surface area (Å²) in [4.78, 5) is 9.41. The van der Waals surface area contributed by atoms with Crippen molar-refractivity contribution in [1.82, 2.24) is 5.32 Å². The van der Waals surface area contributed by atoms with Crippen molar-refractivity contribution < 1.29 is 9.84 Å². The highest BCUT2D eigenvalue weighted by atomic mass is 32.1. The lowest BCUT2D eigenvalue weighted by Crippen LogP contribution is -2.41. The number of thiophene rings is 1. The van der Waals surface area contributed by atoms with Crippen LogP contribution in [0.1, 0.15) is 18.4 Å². The van der Waals surface area contributed by atoms with Crippen LogP contribution in [-0.2, 0) is 4.74 Å². The minimum Gasteiger partial charge on any atom is -0.508 e. The van der Waals surface area contributed by atoms with E-state index in [-0.39, 0.29) is 5.76 Å². The van der Waals surface area contributed by atoms with Gasteiger partial charge in [-0.25, -0.2) is 4.99 Å². The number of ether oxygens (including phenoxy) is 1. The SMILES string of the molecule is COC1=NC(c2ccc3sc4cc5ccccc5cc4c3c2)=NC(C2=C(O)C=CCC2)N1. The van der Waals surface area contributed by atoms with Gasteiger partial charge >= 0.3 is 0 Å². The third-order valence-electron chi connectivity index (χ3n) is 6.02. The predicted octanol–water partition coefficient (Wildman–Crippen LogP) is 6.05. The van der Waals surface area contributed by atoms with Crippen LogP contribution in [0, 0.1) is 0 Å². The van der Waals surface area contributed by atoms with Gasteiger partial charge < -0.3 is 15.2 Å². The van der Waals surface area contributed by atoms with E-state index in [0.717, 1.165) is 24.0 Å². The molecule has 158 valence electrons. The third kappa shape index (κ3) is 3.15. The Morgan fingerprint density at radius 2 is 1.84 bits per heavy atom. The van der Waals surface area contributed by atoms with Crippen LogP contribution in [0.15, 0.2) is 88.1 Å². The largest absolute Gasteiger partial charge is 0.508 e.